The van der Waals surface area contributed by atoms with Crippen LogP contribution in [0.15, 0.2) is 59.1 Å². The maximum absolute atomic E-state index is 13.6. The quantitative estimate of drug-likeness (QED) is 0.737. The van der Waals surface area contributed by atoms with Crippen molar-refractivity contribution in [2.75, 3.05) is 16.3 Å². The highest BCUT2D eigenvalue weighted by molar-refractivity contribution is 7.92. The van der Waals surface area contributed by atoms with Gasteiger partial charge in [0.25, 0.3) is 6.01 Å². The summed E-state index contributed by atoms with van der Waals surface area (Å²) in [5.41, 5.74) is 1.30. The highest BCUT2D eigenvalue weighted by atomic mass is 32.2. The molecule has 3 aromatic rings. The van der Waals surface area contributed by atoms with E-state index in [1.54, 1.807) is 42.5 Å². The van der Waals surface area contributed by atoms with Crippen molar-refractivity contribution in [1.82, 2.24) is 4.98 Å². The molecule has 0 radical (unpaired) electrons. The second kappa shape index (κ2) is 6.32. The molecule has 1 heterocycles. The van der Waals surface area contributed by atoms with Gasteiger partial charge in [0.1, 0.15) is 5.82 Å². The van der Waals surface area contributed by atoms with E-state index in [9.17, 15) is 12.8 Å². The Labute approximate surface area is 138 Å². The lowest BCUT2D eigenvalue weighted by atomic mass is 10.2. The van der Waals surface area contributed by atoms with Gasteiger partial charge in [-0.3, -0.25) is 4.72 Å². The molecule has 0 aliphatic heterocycles. The Hall–Kier alpha value is -2.87. The van der Waals surface area contributed by atoms with E-state index < -0.39 is 15.8 Å². The fourth-order valence-corrected chi connectivity index (χ4v) is 2.65. The lowest BCUT2D eigenvalue weighted by molar-refractivity contribution is 0.587. The minimum atomic E-state index is -3.37. The second-order valence-electron chi connectivity index (χ2n) is 5.09. The van der Waals surface area contributed by atoms with Crippen molar-refractivity contribution in [2.24, 2.45) is 0 Å². The van der Waals surface area contributed by atoms with Crippen molar-refractivity contribution >= 4 is 27.4 Å². The molecule has 24 heavy (non-hydrogen) atoms. The molecule has 2 N–H and O–H groups in total. The predicted molar refractivity (Wildman–Crippen MR) is 90.1 cm³/mol. The van der Waals surface area contributed by atoms with Crippen molar-refractivity contribution in [3.05, 3.63) is 60.5 Å². The molecule has 0 amide bonds. The fraction of sp³-hybridized carbons (Fsp3) is 0.0625. The molecule has 1 aromatic heterocycles. The minimum absolute atomic E-state index is 0.136. The number of anilines is 3. The van der Waals surface area contributed by atoms with E-state index in [4.69, 9.17) is 4.42 Å². The number of benzene rings is 2. The number of oxazole rings is 1. The highest BCUT2D eigenvalue weighted by Gasteiger charge is 2.10. The largest absolute Gasteiger partial charge is 0.423 e. The number of sulfonamides is 1. The van der Waals surface area contributed by atoms with Crippen molar-refractivity contribution in [1.29, 1.82) is 0 Å². The standard InChI is InChI=1S/C16H14FN3O3S/c1-24(21,22)20-12-6-4-5-11(9-12)15-10-18-16(23-15)19-14-8-3-2-7-13(14)17/h2-10,20H,1H3,(H,18,19). The number of aromatic nitrogens is 1. The van der Waals surface area contributed by atoms with Crippen molar-refractivity contribution < 1.29 is 17.2 Å². The molecule has 0 saturated heterocycles. The maximum atomic E-state index is 13.6. The molecule has 0 atom stereocenters. The van der Waals surface area contributed by atoms with E-state index in [1.165, 1.54) is 12.3 Å². The van der Waals surface area contributed by atoms with Gasteiger partial charge in [-0.25, -0.2) is 17.8 Å². The molecule has 0 saturated carbocycles. The molecule has 0 spiro atoms. The Morgan fingerprint density at radius 1 is 1.12 bits per heavy atom. The third-order valence-corrected chi connectivity index (χ3v) is 3.68. The van der Waals surface area contributed by atoms with Crippen LogP contribution in [0.1, 0.15) is 0 Å². The lowest BCUT2D eigenvalue weighted by Gasteiger charge is -2.05. The minimum Gasteiger partial charge on any atom is -0.423 e. The number of rotatable bonds is 5. The molecule has 0 unspecified atom stereocenters. The first-order valence-corrected chi connectivity index (χ1v) is 8.85. The summed E-state index contributed by atoms with van der Waals surface area (Å²) in [5, 5.41) is 2.75. The van der Waals surface area contributed by atoms with Crippen LogP contribution in [0, 0.1) is 5.82 Å². The Balaban J connectivity index is 1.83. The van der Waals surface area contributed by atoms with Gasteiger partial charge in [-0.05, 0) is 24.3 Å². The lowest BCUT2D eigenvalue weighted by Crippen LogP contribution is -2.09. The molecule has 0 fully saturated rings. The average Bonchev–Trinajstić information content (AvgIpc) is 2.97. The number of halogens is 1. The van der Waals surface area contributed by atoms with Crippen LogP contribution in [0.3, 0.4) is 0 Å². The Kier molecular flexibility index (Phi) is 4.22. The van der Waals surface area contributed by atoms with Crippen LogP contribution in [0.4, 0.5) is 21.8 Å². The molecule has 124 valence electrons. The number of nitrogens with zero attached hydrogens (tertiary/aromatic N) is 1. The predicted octanol–water partition coefficient (Wildman–Crippen LogP) is 3.60. The van der Waals surface area contributed by atoms with Crippen LogP contribution in [-0.4, -0.2) is 19.7 Å². The number of nitrogens with one attached hydrogen (secondary N) is 2. The van der Waals surface area contributed by atoms with E-state index >= 15 is 0 Å². The average molecular weight is 347 g/mol. The smallest absolute Gasteiger partial charge is 0.299 e. The first-order valence-electron chi connectivity index (χ1n) is 6.96. The summed E-state index contributed by atoms with van der Waals surface area (Å²) in [4.78, 5) is 4.05. The van der Waals surface area contributed by atoms with E-state index in [0.717, 1.165) is 6.26 Å². The number of para-hydroxylation sites is 1. The third-order valence-electron chi connectivity index (χ3n) is 3.07. The zero-order valence-electron chi connectivity index (χ0n) is 12.7. The summed E-state index contributed by atoms with van der Waals surface area (Å²) in [7, 11) is -3.37. The summed E-state index contributed by atoms with van der Waals surface area (Å²) in [6.45, 7) is 0. The topological polar surface area (TPSA) is 84.2 Å². The summed E-state index contributed by atoms with van der Waals surface area (Å²) >= 11 is 0. The molecule has 2 aromatic carbocycles. The summed E-state index contributed by atoms with van der Waals surface area (Å²) < 4.78 is 44.1. The van der Waals surface area contributed by atoms with Crippen molar-refractivity contribution in [3.8, 4) is 11.3 Å². The highest BCUT2D eigenvalue weighted by Crippen LogP contribution is 2.27. The van der Waals surface area contributed by atoms with Crippen LogP contribution in [0.25, 0.3) is 11.3 Å². The normalized spacial score (nSPS) is 11.2. The van der Waals surface area contributed by atoms with Crippen LogP contribution >= 0.6 is 0 Å². The van der Waals surface area contributed by atoms with Crippen LogP contribution < -0.4 is 10.0 Å². The first kappa shape index (κ1) is 16.0. The van der Waals surface area contributed by atoms with Gasteiger partial charge in [0, 0.05) is 11.3 Å². The molecular weight excluding hydrogens is 333 g/mol. The molecule has 6 nitrogen and oxygen atoms in total. The Bertz CT molecular complexity index is 970. The zero-order valence-corrected chi connectivity index (χ0v) is 13.5. The van der Waals surface area contributed by atoms with E-state index in [1.807, 2.05) is 0 Å². The van der Waals surface area contributed by atoms with Gasteiger partial charge < -0.3 is 9.73 Å². The van der Waals surface area contributed by atoms with Crippen LogP contribution in [0.5, 0.6) is 0 Å². The second-order valence-corrected chi connectivity index (χ2v) is 6.84. The summed E-state index contributed by atoms with van der Waals surface area (Å²) in [6.07, 6.45) is 2.55. The zero-order chi connectivity index (χ0) is 17.2. The third kappa shape index (κ3) is 3.90. The molecule has 0 aliphatic carbocycles. The fourth-order valence-electron chi connectivity index (χ4n) is 2.09. The van der Waals surface area contributed by atoms with Gasteiger partial charge in [-0.15, -0.1) is 0 Å². The van der Waals surface area contributed by atoms with Gasteiger partial charge in [0.05, 0.1) is 18.1 Å². The van der Waals surface area contributed by atoms with Gasteiger partial charge >= 0.3 is 0 Å². The molecule has 3 rings (SSSR count). The van der Waals surface area contributed by atoms with E-state index in [2.05, 4.69) is 15.0 Å². The molecule has 0 bridgehead atoms. The van der Waals surface area contributed by atoms with E-state index in [-0.39, 0.29) is 11.7 Å². The van der Waals surface area contributed by atoms with Gasteiger partial charge in [-0.2, -0.15) is 0 Å². The number of hydrogen-bond donors (Lipinski definition) is 2. The molecular formula is C16H14FN3O3S. The number of hydrogen-bond acceptors (Lipinski definition) is 5. The van der Waals surface area contributed by atoms with Gasteiger partial charge in [-0.1, -0.05) is 24.3 Å². The summed E-state index contributed by atoms with van der Waals surface area (Å²) in [6, 6.07) is 13.0. The van der Waals surface area contributed by atoms with Crippen molar-refractivity contribution in [3.63, 3.8) is 0 Å². The van der Waals surface area contributed by atoms with Gasteiger partial charge in [0.2, 0.25) is 10.0 Å². The van der Waals surface area contributed by atoms with Crippen molar-refractivity contribution in [2.45, 2.75) is 0 Å². The molecule has 8 heteroatoms. The Morgan fingerprint density at radius 2 is 1.92 bits per heavy atom. The first-order chi connectivity index (χ1) is 11.4. The van der Waals surface area contributed by atoms with Crippen LogP contribution in [0.2, 0.25) is 0 Å². The SMILES string of the molecule is CS(=O)(=O)Nc1cccc(-c2cnc(Nc3ccccc3F)o2)c1. The molecule has 0 aliphatic rings. The van der Waals surface area contributed by atoms with E-state index in [0.29, 0.717) is 17.0 Å². The van der Waals surface area contributed by atoms with Gasteiger partial charge in [0.15, 0.2) is 5.76 Å². The summed E-state index contributed by atoms with van der Waals surface area (Å²) in [5.74, 6) is 0.00240. The Morgan fingerprint density at radius 3 is 2.67 bits per heavy atom. The monoisotopic (exact) mass is 347 g/mol. The maximum Gasteiger partial charge on any atom is 0.299 e. The van der Waals surface area contributed by atoms with Crippen LogP contribution in [-0.2, 0) is 10.0 Å².